The summed E-state index contributed by atoms with van der Waals surface area (Å²) in [4.78, 5) is 11.6. The molecule has 1 rings (SSSR count). The van der Waals surface area contributed by atoms with Crippen molar-refractivity contribution in [1.29, 1.82) is 0 Å². The topological polar surface area (TPSA) is 58.6 Å². The quantitative estimate of drug-likeness (QED) is 0.690. The summed E-state index contributed by atoms with van der Waals surface area (Å²) in [5.41, 5.74) is -0.864. The summed E-state index contributed by atoms with van der Waals surface area (Å²) in [6.07, 6.45) is 0.595. The van der Waals surface area contributed by atoms with Crippen molar-refractivity contribution in [1.82, 2.24) is 5.32 Å². The number of rotatable bonds is 3. The molecule has 14 heavy (non-hydrogen) atoms. The van der Waals surface area contributed by atoms with Crippen LogP contribution < -0.4 is 5.32 Å². The molecule has 1 amide bonds. The molecule has 4 heteroatoms. The van der Waals surface area contributed by atoms with Gasteiger partial charge in [0.1, 0.15) is 6.10 Å². The van der Waals surface area contributed by atoms with E-state index in [0.717, 1.165) is 6.42 Å². The van der Waals surface area contributed by atoms with Crippen LogP contribution >= 0.6 is 0 Å². The van der Waals surface area contributed by atoms with Gasteiger partial charge in [0, 0.05) is 13.2 Å². The van der Waals surface area contributed by atoms with Gasteiger partial charge in [-0.2, -0.15) is 0 Å². The van der Waals surface area contributed by atoms with Crippen molar-refractivity contribution < 1.29 is 14.6 Å². The largest absolute Gasteiger partial charge is 0.389 e. The molecule has 4 nitrogen and oxygen atoms in total. The lowest BCUT2D eigenvalue weighted by atomic mass is 10.0. The molecule has 0 radical (unpaired) electrons. The third-order valence-electron chi connectivity index (χ3n) is 2.34. The van der Waals surface area contributed by atoms with Gasteiger partial charge in [-0.25, -0.2) is 0 Å². The molecular formula is C10H19NO3. The monoisotopic (exact) mass is 201 g/mol. The summed E-state index contributed by atoms with van der Waals surface area (Å²) in [5, 5.41) is 12.1. The van der Waals surface area contributed by atoms with Crippen LogP contribution in [0.15, 0.2) is 0 Å². The molecule has 1 saturated heterocycles. The van der Waals surface area contributed by atoms with Crippen LogP contribution in [0.5, 0.6) is 0 Å². The molecule has 1 fully saturated rings. The zero-order valence-corrected chi connectivity index (χ0v) is 9.04. The Hall–Kier alpha value is -0.610. The standard InChI is InChI=1S/C10H19NO3/c1-7-4-5-14-8(7)9(12)11-6-10(2,3)13/h7-8,13H,4-6H2,1-3H3,(H,11,12). The van der Waals surface area contributed by atoms with Crippen molar-refractivity contribution in [3.63, 3.8) is 0 Å². The first-order valence-electron chi connectivity index (χ1n) is 5.02. The molecule has 1 heterocycles. The zero-order chi connectivity index (χ0) is 10.8. The molecule has 0 aromatic heterocycles. The molecule has 0 aliphatic carbocycles. The normalized spacial score (nSPS) is 27.7. The Labute approximate surface area is 84.6 Å². The minimum atomic E-state index is -0.864. The van der Waals surface area contributed by atoms with Crippen molar-refractivity contribution in [3.05, 3.63) is 0 Å². The van der Waals surface area contributed by atoms with Gasteiger partial charge in [-0.05, 0) is 26.2 Å². The van der Waals surface area contributed by atoms with Gasteiger partial charge in [0.25, 0.3) is 0 Å². The number of ether oxygens (including phenoxy) is 1. The first kappa shape index (κ1) is 11.5. The predicted octanol–water partition coefficient (Wildman–Crippen LogP) is 0.299. The van der Waals surface area contributed by atoms with E-state index < -0.39 is 5.60 Å². The smallest absolute Gasteiger partial charge is 0.249 e. The van der Waals surface area contributed by atoms with E-state index in [2.05, 4.69) is 5.32 Å². The third-order valence-corrected chi connectivity index (χ3v) is 2.34. The maximum atomic E-state index is 11.6. The van der Waals surface area contributed by atoms with E-state index in [1.807, 2.05) is 6.92 Å². The molecule has 2 N–H and O–H groups in total. The van der Waals surface area contributed by atoms with Gasteiger partial charge >= 0.3 is 0 Å². The molecule has 2 unspecified atom stereocenters. The lowest BCUT2D eigenvalue weighted by Gasteiger charge is -2.20. The van der Waals surface area contributed by atoms with Crippen molar-refractivity contribution in [2.75, 3.05) is 13.2 Å². The maximum Gasteiger partial charge on any atom is 0.249 e. The Morgan fingerprint density at radius 1 is 1.64 bits per heavy atom. The number of hydrogen-bond donors (Lipinski definition) is 2. The van der Waals surface area contributed by atoms with Gasteiger partial charge in [-0.15, -0.1) is 0 Å². The molecule has 0 aromatic rings. The van der Waals surface area contributed by atoms with E-state index in [9.17, 15) is 9.90 Å². The fourth-order valence-corrected chi connectivity index (χ4v) is 1.43. The van der Waals surface area contributed by atoms with Crippen LogP contribution in [0, 0.1) is 5.92 Å². The third kappa shape index (κ3) is 3.27. The minimum absolute atomic E-state index is 0.114. The van der Waals surface area contributed by atoms with Crippen LogP contribution in [-0.2, 0) is 9.53 Å². The van der Waals surface area contributed by atoms with E-state index in [1.165, 1.54) is 0 Å². The SMILES string of the molecule is CC1CCOC1C(=O)NCC(C)(C)O. The van der Waals surface area contributed by atoms with E-state index in [0.29, 0.717) is 6.61 Å². The molecule has 0 bridgehead atoms. The second kappa shape index (κ2) is 4.28. The van der Waals surface area contributed by atoms with Crippen LogP contribution in [0.25, 0.3) is 0 Å². The number of hydrogen-bond acceptors (Lipinski definition) is 3. The average Bonchev–Trinajstić information content (AvgIpc) is 2.46. The Morgan fingerprint density at radius 2 is 2.29 bits per heavy atom. The van der Waals surface area contributed by atoms with Gasteiger partial charge in [-0.3, -0.25) is 4.79 Å². The highest BCUT2D eigenvalue weighted by Gasteiger charge is 2.31. The molecule has 1 aliphatic rings. The number of carbonyl (C=O) groups is 1. The average molecular weight is 201 g/mol. The summed E-state index contributed by atoms with van der Waals surface area (Å²) in [7, 11) is 0. The highest BCUT2D eigenvalue weighted by atomic mass is 16.5. The lowest BCUT2D eigenvalue weighted by molar-refractivity contribution is -0.132. The predicted molar refractivity (Wildman–Crippen MR) is 52.8 cm³/mol. The van der Waals surface area contributed by atoms with E-state index >= 15 is 0 Å². The van der Waals surface area contributed by atoms with Crippen LogP contribution in [0.1, 0.15) is 27.2 Å². The van der Waals surface area contributed by atoms with Crippen molar-refractivity contribution in [2.45, 2.75) is 38.9 Å². The van der Waals surface area contributed by atoms with Crippen LogP contribution in [0.2, 0.25) is 0 Å². The van der Waals surface area contributed by atoms with Crippen molar-refractivity contribution >= 4 is 5.91 Å². The van der Waals surface area contributed by atoms with Gasteiger partial charge in [0.15, 0.2) is 0 Å². The molecule has 82 valence electrons. The molecule has 0 aromatic carbocycles. The van der Waals surface area contributed by atoms with Crippen LogP contribution in [-0.4, -0.2) is 35.9 Å². The fourth-order valence-electron chi connectivity index (χ4n) is 1.43. The second-order valence-corrected chi connectivity index (χ2v) is 4.59. The summed E-state index contributed by atoms with van der Waals surface area (Å²) in [5.74, 6) is 0.161. The number of amides is 1. The molecule has 0 saturated carbocycles. The maximum absolute atomic E-state index is 11.6. The lowest BCUT2D eigenvalue weighted by Crippen LogP contribution is -2.44. The summed E-state index contributed by atoms with van der Waals surface area (Å²) >= 11 is 0. The van der Waals surface area contributed by atoms with Crippen molar-refractivity contribution in [3.8, 4) is 0 Å². The first-order valence-corrected chi connectivity index (χ1v) is 5.02. The molecule has 1 aliphatic heterocycles. The number of nitrogens with one attached hydrogen (secondary N) is 1. The molecule has 2 atom stereocenters. The molecular weight excluding hydrogens is 182 g/mol. The van der Waals surface area contributed by atoms with Gasteiger partial charge in [-0.1, -0.05) is 6.92 Å². The van der Waals surface area contributed by atoms with Crippen LogP contribution in [0.3, 0.4) is 0 Å². The van der Waals surface area contributed by atoms with Gasteiger partial charge in [0.2, 0.25) is 5.91 Å². The Morgan fingerprint density at radius 3 is 2.71 bits per heavy atom. The van der Waals surface area contributed by atoms with Crippen LogP contribution in [0.4, 0.5) is 0 Å². The first-order chi connectivity index (χ1) is 6.40. The number of carbonyl (C=O) groups excluding carboxylic acids is 1. The van der Waals surface area contributed by atoms with E-state index in [4.69, 9.17) is 4.74 Å². The Kier molecular flexibility index (Phi) is 3.50. The fraction of sp³-hybridized carbons (Fsp3) is 0.900. The second-order valence-electron chi connectivity index (χ2n) is 4.59. The minimum Gasteiger partial charge on any atom is -0.389 e. The van der Waals surface area contributed by atoms with Crippen molar-refractivity contribution in [2.24, 2.45) is 5.92 Å². The summed E-state index contributed by atoms with van der Waals surface area (Å²) < 4.78 is 5.30. The summed E-state index contributed by atoms with van der Waals surface area (Å²) in [6, 6.07) is 0. The van der Waals surface area contributed by atoms with Gasteiger partial charge < -0.3 is 15.2 Å². The number of aliphatic hydroxyl groups is 1. The molecule has 0 spiro atoms. The highest BCUT2D eigenvalue weighted by Crippen LogP contribution is 2.19. The zero-order valence-electron chi connectivity index (χ0n) is 9.04. The van der Waals surface area contributed by atoms with E-state index in [-0.39, 0.29) is 24.5 Å². The Bertz CT molecular complexity index is 210. The summed E-state index contributed by atoms with van der Waals surface area (Å²) in [6.45, 7) is 6.24. The van der Waals surface area contributed by atoms with Gasteiger partial charge in [0.05, 0.1) is 5.60 Å². The Balaban J connectivity index is 2.35. The highest BCUT2D eigenvalue weighted by molar-refractivity contribution is 5.81. The van der Waals surface area contributed by atoms with E-state index in [1.54, 1.807) is 13.8 Å².